The van der Waals surface area contributed by atoms with Gasteiger partial charge in [-0.25, -0.2) is 9.59 Å². The number of allylic oxidation sites excluding steroid dienone is 2. The smallest absolute Gasteiger partial charge is 0.333 e. The Morgan fingerprint density at radius 1 is 0.470 bits per heavy atom. The second-order valence-corrected chi connectivity index (χ2v) is 17.8. The molecule has 6 heteroatoms. The van der Waals surface area contributed by atoms with Crippen LogP contribution in [0.15, 0.2) is 169 Å². The Hall–Kier alpha value is -6.66. The van der Waals surface area contributed by atoms with Crippen molar-refractivity contribution in [2.45, 2.75) is 105 Å². The molecule has 0 atom stereocenters. The highest BCUT2D eigenvalue weighted by atomic mass is 16.5. The van der Waals surface area contributed by atoms with E-state index in [1.54, 1.807) is 26.0 Å². The second-order valence-electron chi connectivity index (χ2n) is 17.8. The first-order valence-electron chi connectivity index (χ1n) is 23.8. The van der Waals surface area contributed by atoms with Crippen LogP contribution >= 0.6 is 0 Å². The lowest BCUT2D eigenvalue weighted by Gasteiger charge is -2.39. The van der Waals surface area contributed by atoms with Crippen LogP contribution in [0, 0.1) is 13.8 Å². The van der Waals surface area contributed by atoms with Gasteiger partial charge in [-0.3, -0.25) is 0 Å². The van der Waals surface area contributed by atoms with Crippen LogP contribution in [0.4, 0.5) is 34.1 Å². The van der Waals surface area contributed by atoms with Crippen molar-refractivity contribution < 1.29 is 19.1 Å². The number of rotatable bonds is 18. The lowest BCUT2D eigenvalue weighted by molar-refractivity contribution is -0.139. The van der Waals surface area contributed by atoms with Crippen molar-refractivity contribution in [1.82, 2.24) is 0 Å². The van der Waals surface area contributed by atoms with Crippen molar-refractivity contribution >= 4 is 46.1 Å². The maximum absolute atomic E-state index is 12.1. The first-order valence-corrected chi connectivity index (χ1v) is 23.8. The molecule has 0 unspecified atom stereocenters. The third kappa shape index (κ3) is 11.6. The Kier molecular flexibility index (Phi) is 16.1. The number of hydrogen-bond acceptors (Lipinski definition) is 6. The summed E-state index contributed by atoms with van der Waals surface area (Å²) in [6, 6.07) is 53.7. The van der Waals surface area contributed by atoms with E-state index in [1.165, 1.54) is 52.6 Å². The number of esters is 2. The maximum Gasteiger partial charge on any atom is 0.333 e. The van der Waals surface area contributed by atoms with E-state index in [9.17, 15) is 9.59 Å². The molecule has 0 saturated heterocycles. The highest BCUT2D eigenvalue weighted by Gasteiger charge is 2.36. The predicted octanol–water partition coefficient (Wildman–Crippen LogP) is 15.4. The van der Waals surface area contributed by atoms with Crippen molar-refractivity contribution in [3.8, 4) is 0 Å². The zero-order valence-electron chi connectivity index (χ0n) is 39.8. The van der Waals surface area contributed by atoms with Crippen LogP contribution in [0.5, 0.6) is 0 Å². The molecule has 0 bridgehead atoms. The Balaban J connectivity index is 1.12. The van der Waals surface area contributed by atoms with Crippen LogP contribution in [0.1, 0.15) is 106 Å². The molecule has 6 aromatic rings. The van der Waals surface area contributed by atoms with Gasteiger partial charge in [-0.1, -0.05) is 115 Å². The lowest BCUT2D eigenvalue weighted by atomic mass is 9.65. The molecule has 66 heavy (non-hydrogen) atoms. The number of nitrogens with zero attached hydrogens (tertiary/aromatic N) is 2. The normalized spacial score (nSPS) is 13.8. The van der Waals surface area contributed by atoms with E-state index in [2.05, 4.69) is 169 Å². The molecule has 0 aromatic heterocycles. The standard InChI is InChI=1S/C60H66N2O4/c1-7-46(5)58(63)65-42-12-14-48-20-32-54(33-21-48)61(52-28-16-44(3)17-29-52)56-36-24-50(25-37-56)60(40-10-9-11-41-60)51-26-38-57(39-27-51)62(53-30-18-45(4)19-31-53)55-34-22-49(23-35-55)15-13-43-66-59(64)47(6)8-2/h7-8,16-39H,9-15,40-43H2,1-6H3. The molecule has 6 nitrogen and oxygen atoms in total. The summed E-state index contributed by atoms with van der Waals surface area (Å²) in [5, 5.41) is 0. The van der Waals surface area contributed by atoms with Crippen molar-refractivity contribution in [2.24, 2.45) is 0 Å². The Morgan fingerprint density at radius 2 is 0.773 bits per heavy atom. The van der Waals surface area contributed by atoms with Gasteiger partial charge in [0, 0.05) is 50.7 Å². The van der Waals surface area contributed by atoms with Crippen LogP contribution in [-0.4, -0.2) is 25.2 Å². The highest BCUT2D eigenvalue weighted by Crippen LogP contribution is 2.47. The van der Waals surface area contributed by atoms with Crippen molar-refractivity contribution in [2.75, 3.05) is 23.0 Å². The second kappa shape index (κ2) is 22.5. The van der Waals surface area contributed by atoms with Gasteiger partial charge < -0.3 is 19.3 Å². The number of benzene rings is 6. The summed E-state index contributed by atoms with van der Waals surface area (Å²) in [4.78, 5) is 28.8. The van der Waals surface area contributed by atoms with Gasteiger partial charge in [0.15, 0.2) is 0 Å². The fraction of sp³-hybridized carbons (Fsp3) is 0.300. The number of hydrogen-bond donors (Lipinski definition) is 0. The van der Waals surface area contributed by atoms with Gasteiger partial charge in [-0.2, -0.15) is 0 Å². The van der Waals surface area contributed by atoms with E-state index in [0.717, 1.165) is 72.6 Å². The van der Waals surface area contributed by atoms with Crippen LogP contribution in [0.2, 0.25) is 0 Å². The zero-order chi connectivity index (χ0) is 46.5. The van der Waals surface area contributed by atoms with Crippen molar-refractivity contribution in [1.29, 1.82) is 0 Å². The summed E-state index contributed by atoms with van der Waals surface area (Å²) in [7, 11) is 0. The van der Waals surface area contributed by atoms with E-state index < -0.39 is 0 Å². The molecule has 340 valence electrons. The molecule has 1 aliphatic carbocycles. The monoisotopic (exact) mass is 879 g/mol. The highest BCUT2D eigenvalue weighted by molar-refractivity contribution is 5.88. The molecule has 0 N–H and O–H groups in total. The topological polar surface area (TPSA) is 59.1 Å². The summed E-state index contributed by atoms with van der Waals surface area (Å²) in [6.45, 7) is 12.3. The number of carbonyl (C=O) groups excluding carboxylic acids is 2. The van der Waals surface area contributed by atoms with Gasteiger partial charge in [0.1, 0.15) is 0 Å². The van der Waals surface area contributed by atoms with E-state index in [-0.39, 0.29) is 17.4 Å². The summed E-state index contributed by atoms with van der Waals surface area (Å²) < 4.78 is 10.9. The molecule has 6 aromatic carbocycles. The average Bonchev–Trinajstić information content (AvgIpc) is 3.36. The van der Waals surface area contributed by atoms with Crippen LogP contribution in [-0.2, 0) is 37.3 Å². The Labute approximate surface area is 393 Å². The zero-order valence-corrected chi connectivity index (χ0v) is 39.8. The molecule has 7 rings (SSSR count). The third-order valence-electron chi connectivity index (χ3n) is 13.2. The SMILES string of the molecule is CC=C(C)C(=O)OCCCc1ccc(N(c2ccc(C)cc2)c2ccc(C3(c4ccc(N(c5ccc(C)cc5)c5ccc(CCCOC(=O)C(C)=CC)cc5)cc4)CCCCC3)cc2)cc1. The molecule has 1 aliphatic rings. The number of carbonyl (C=O) groups is 2. The number of aryl methyl sites for hydroxylation is 4. The van der Waals surface area contributed by atoms with E-state index >= 15 is 0 Å². The van der Waals surface area contributed by atoms with E-state index in [0.29, 0.717) is 24.4 Å². The van der Waals surface area contributed by atoms with Crippen molar-refractivity contribution in [3.05, 3.63) is 202 Å². The molecule has 0 amide bonds. The van der Waals surface area contributed by atoms with Gasteiger partial charge >= 0.3 is 11.9 Å². The molecule has 0 radical (unpaired) electrons. The summed E-state index contributed by atoms with van der Waals surface area (Å²) in [5.74, 6) is -0.490. The van der Waals surface area contributed by atoms with Gasteiger partial charge in [0.25, 0.3) is 0 Å². The average molecular weight is 879 g/mol. The molecular formula is C60H66N2O4. The van der Waals surface area contributed by atoms with E-state index in [1.807, 2.05) is 13.8 Å². The van der Waals surface area contributed by atoms with E-state index in [4.69, 9.17) is 9.47 Å². The molecule has 0 aliphatic heterocycles. The number of anilines is 6. The van der Waals surface area contributed by atoms with Gasteiger partial charge in [0.05, 0.1) is 13.2 Å². The fourth-order valence-corrected chi connectivity index (χ4v) is 9.01. The molecule has 1 fully saturated rings. The largest absolute Gasteiger partial charge is 0.462 e. The minimum atomic E-state index is -0.245. The Bertz CT molecular complexity index is 2390. The molecule has 0 heterocycles. The first-order chi connectivity index (χ1) is 32.1. The van der Waals surface area contributed by atoms with Crippen LogP contribution in [0.3, 0.4) is 0 Å². The quantitative estimate of drug-likeness (QED) is 0.0487. The fourth-order valence-electron chi connectivity index (χ4n) is 9.01. The van der Waals surface area contributed by atoms with Gasteiger partial charge in [0.2, 0.25) is 0 Å². The summed E-state index contributed by atoms with van der Waals surface area (Å²) in [5.41, 5.74) is 15.4. The van der Waals surface area contributed by atoms with Crippen molar-refractivity contribution in [3.63, 3.8) is 0 Å². The predicted molar refractivity (Wildman–Crippen MR) is 273 cm³/mol. The summed E-state index contributed by atoms with van der Waals surface area (Å²) >= 11 is 0. The Morgan fingerprint density at radius 3 is 1.09 bits per heavy atom. The molecular weight excluding hydrogens is 813 g/mol. The number of ether oxygens (including phenoxy) is 2. The van der Waals surface area contributed by atoms with Gasteiger partial charge in [-0.05, 0) is 175 Å². The third-order valence-corrected chi connectivity index (χ3v) is 13.2. The minimum absolute atomic E-state index is 0.0817. The van der Waals surface area contributed by atoms with Crippen LogP contribution < -0.4 is 9.80 Å². The molecule has 1 saturated carbocycles. The molecule has 0 spiro atoms. The van der Waals surface area contributed by atoms with Gasteiger partial charge in [-0.15, -0.1) is 0 Å². The minimum Gasteiger partial charge on any atom is -0.462 e. The summed E-state index contributed by atoms with van der Waals surface area (Å²) in [6.07, 6.45) is 12.7. The maximum atomic E-state index is 12.1. The lowest BCUT2D eigenvalue weighted by Crippen LogP contribution is -2.30. The van der Waals surface area contributed by atoms with Crippen LogP contribution in [0.25, 0.3) is 0 Å². The first kappa shape index (κ1) is 47.3.